The normalized spacial score (nSPS) is 23.4. The van der Waals surface area contributed by atoms with Crippen molar-refractivity contribution in [2.45, 2.75) is 74.9 Å². The molecule has 5 rings (SSSR count). The third kappa shape index (κ3) is 5.85. The highest BCUT2D eigenvalue weighted by Crippen LogP contribution is 2.43. The molecule has 2 amide bonds. The van der Waals surface area contributed by atoms with Crippen LogP contribution in [0.15, 0.2) is 24.3 Å². The summed E-state index contributed by atoms with van der Waals surface area (Å²) in [6.45, 7) is 3.28. The monoisotopic (exact) mass is 519 g/mol. The van der Waals surface area contributed by atoms with E-state index in [4.69, 9.17) is 4.84 Å². The summed E-state index contributed by atoms with van der Waals surface area (Å²) < 4.78 is 43.5. The predicted octanol–water partition coefficient (Wildman–Crippen LogP) is 3.44. The average Bonchev–Trinajstić information content (AvgIpc) is 3.77. The zero-order valence-corrected chi connectivity index (χ0v) is 20.6. The third-order valence-electron chi connectivity index (χ3n) is 8.11. The molecule has 1 aromatic carbocycles. The van der Waals surface area contributed by atoms with Crippen LogP contribution in [0.25, 0.3) is 0 Å². The molecule has 4 aliphatic rings. The second-order valence-corrected chi connectivity index (χ2v) is 11.0. The number of rotatable bonds is 9. The van der Waals surface area contributed by atoms with E-state index in [1.165, 1.54) is 30.0 Å². The van der Waals surface area contributed by atoms with E-state index < -0.39 is 53.7 Å². The van der Waals surface area contributed by atoms with Crippen molar-refractivity contribution in [1.82, 2.24) is 20.6 Å². The fourth-order valence-electron chi connectivity index (χ4n) is 5.37. The van der Waals surface area contributed by atoms with Crippen molar-refractivity contribution in [3.8, 4) is 6.07 Å². The molecule has 0 unspecified atom stereocenters. The molecule has 0 radical (unpaired) electrons. The summed E-state index contributed by atoms with van der Waals surface area (Å²) in [6.07, 6.45) is 3.27. The first kappa shape index (κ1) is 25.8. The van der Waals surface area contributed by atoms with E-state index in [0.717, 1.165) is 44.1 Å². The van der Waals surface area contributed by atoms with Crippen LogP contribution in [0, 0.1) is 22.6 Å². The molecule has 200 valence electrons. The van der Waals surface area contributed by atoms with Gasteiger partial charge in [-0.1, -0.05) is 18.2 Å². The maximum absolute atomic E-state index is 14.8. The van der Waals surface area contributed by atoms with E-state index in [1.807, 2.05) is 6.07 Å². The van der Waals surface area contributed by atoms with Crippen molar-refractivity contribution < 1.29 is 27.6 Å². The number of carbonyl (C=O) groups is 2. The molecule has 2 aliphatic heterocycles. The molecule has 1 spiro atoms. The summed E-state index contributed by atoms with van der Waals surface area (Å²) in [5.41, 5.74) is -1.69. The minimum atomic E-state index is -3.55. The van der Waals surface area contributed by atoms with E-state index in [-0.39, 0.29) is 5.41 Å². The lowest BCUT2D eigenvalue weighted by molar-refractivity contribution is -0.218. The summed E-state index contributed by atoms with van der Waals surface area (Å²) in [5.74, 6) is -5.34. The summed E-state index contributed by atoms with van der Waals surface area (Å²) in [5, 5.41) is 15.8. The fraction of sp³-hybridized carbons (Fsp3) is 0.654. The van der Waals surface area contributed by atoms with Gasteiger partial charge in [0, 0.05) is 31.0 Å². The molecule has 2 saturated heterocycles. The SMILES string of the molecule is N#CC1(NC(=O)[C@H](CCC(F)(F)c2ccccc2F)NC(=O)ON2CC3(CCN(C4CC4)CC3)C2)CC1. The number of amides is 2. The van der Waals surface area contributed by atoms with Crippen LogP contribution < -0.4 is 10.6 Å². The molecule has 4 fully saturated rings. The Morgan fingerprint density at radius 3 is 2.43 bits per heavy atom. The average molecular weight is 520 g/mol. The van der Waals surface area contributed by atoms with Crippen molar-refractivity contribution in [3.05, 3.63) is 35.6 Å². The Kier molecular flexibility index (Phi) is 6.83. The number of hydrogen-bond acceptors (Lipinski definition) is 6. The van der Waals surface area contributed by atoms with Gasteiger partial charge in [-0.15, -0.1) is 5.06 Å². The van der Waals surface area contributed by atoms with Crippen molar-refractivity contribution in [1.29, 1.82) is 5.26 Å². The summed E-state index contributed by atoms with van der Waals surface area (Å²) >= 11 is 0. The minimum Gasteiger partial charge on any atom is -0.351 e. The number of benzene rings is 1. The molecular weight excluding hydrogens is 487 g/mol. The highest BCUT2D eigenvalue weighted by Gasteiger charge is 2.49. The second-order valence-electron chi connectivity index (χ2n) is 11.0. The van der Waals surface area contributed by atoms with E-state index in [0.29, 0.717) is 25.9 Å². The van der Waals surface area contributed by atoms with Gasteiger partial charge in [-0.25, -0.2) is 18.0 Å². The smallest absolute Gasteiger partial charge is 0.351 e. The number of piperidine rings is 1. The van der Waals surface area contributed by atoms with E-state index >= 15 is 0 Å². The van der Waals surface area contributed by atoms with Crippen LogP contribution in [0.3, 0.4) is 0 Å². The Bertz CT molecular complexity index is 1070. The van der Waals surface area contributed by atoms with Crippen LogP contribution in [0.5, 0.6) is 0 Å². The molecule has 37 heavy (non-hydrogen) atoms. The van der Waals surface area contributed by atoms with Crippen LogP contribution in [-0.4, -0.2) is 65.8 Å². The first-order valence-corrected chi connectivity index (χ1v) is 13.0. The summed E-state index contributed by atoms with van der Waals surface area (Å²) in [4.78, 5) is 33.3. The Morgan fingerprint density at radius 1 is 1.16 bits per heavy atom. The lowest BCUT2D eigenvalue weighted by Crippen LogP contribution is -2.61. The van der Waals surface area contributed by atoms with Gasteiger partial charge in [0.25, 0.3) is 5.92 Å². The molecule has 8 nitrogen and oxygen atoms in total. The van der Waals surface area contributed by atoms with Crippen molar-refractivity contribution >= 4 is 12.0 Å². The zero-order chi connectivity index (χ0) is 26.3. The first-order valence-electron chi connectivity index (χ1n) is 13.0. The largest absolute Gasteiger partial charge is 0.426 e. The second kappa shape index (κ2) is 9.80. The van der Waals surface area contributed by atoms with E-state index in [2.05, 4.69) is 15.5 Å². The summed E-state index contributed by atoms with van der Waals surface area (Å²) in [6, 6.07) is 5.95. The van der Waals surface area contributed by atoms with Crippen molar-refractivity contribution in [3.63, 3.8) is 0 Å². The number of nitrogens with zero attached hydrogens (tertiary/aromatic N) is 3. The third-order valence-corrected chi connectivity index (χ3v) is 8.11. The molecular formula is C26H32F3N5O3. The van der Waals surface area contributed by atoms with Crippen LogP contribution in [-0.2, 0) is 15.6 Å². The molecule has 2 heterocycles. The Labute approximate surface area is 214 Å². The van der Waals surface area contributed by atoms with Crippen LogP contribution >= 0.6 is 0 Å². The van der Waals surface area contributed by atoms with Crippen molar-refractivity contribution in [2.24, 2.45) is 5.41 Å². The number of nitriles is 1. The van der Waals surface area contributed by atoms with Crippen LogP contribution in [0.2, 0.25) is 0 Å². The van der Waals surface area contributed by atoms with Gasteiger partial charge in [0.15, 0.2) is 0 Å². The van der Waals surface area contributed by atoms with Gasteiger partial charge in [-0.2, -0.15) is 5.26 Å². The summed E-state index contributed by atoms with van der Waals surface area (Å²) in [7, 11) is 0. The van der Waals surface area contributed by atoms with E-state index in [9.17, 15) is 28.0 Å². The fourth-order valence-corrected chi connectivity index (χ4v) is 5.37. The molecule has 1 atom stereocenters. The maximum atomic E-state index is 14.8. The number of likely N-dealkylation sites (tertiary alicyclic amines) is 1. The van der Waals surface area contributed by atoms with Crippen molar-refractivity contribution in [2.75, 3.05) is 26.2 Å². The van der Waals surface area contributed by atoms with Gasteiger partial charge in [0.1, 0.15) is 17.4 Å². The molecule has 2 aliphatic carbocycles. The quantitative estimate of drug-likeness (QED) is 0.519. The molecule has 2 N–H and O–H groups in total. The van der Waals surface area contributed by atoms with Gasteiger partial charge < -0.3 is 20.4 Å². The topological polar surface area (TPSA) is 97.7 Å². The standard InChI is InChI=1S/C26H32F3N5O3/c27-20-4-2-1-3-19(20)26(28,29)8-7-21(22(35)32-25(15-30)9-10-25)31-23(36)37-34-16-24(17-34)11-13-33(14-12-24)18-5-6-18/h1-4,18,21H,5-14,16-17H2,(H,31,36)(H,32,35)/t21-/m0/s1. The van der Waals surface area contributed by atoms with Gasteiger partial charge in [-0.3, -0.25) is 4.79 Å². The molecule has 0 bridgehead atoms. The molecule has 2 saturated carbocycles. The number of halogens is 3. The molecule has 1 aromatic rings. The molecule has 11 heteroatoms. The zero-order valence-electron chi connectivity index (χ0n) is 20.6. The lowest BCUT2D eigenvalue weighted by atomic mass is 9.73. The van der Waals surface area contributed by atoms with Crippen LogP contribution in [0.1, 0.15) is 56.9 Å². The maximum Gasteiger partial charge on any atom is 0.426 e. The lowest BCUT2D eigenvalue weighted by Gasteiger charge is -2.52. The van der Waals surface area contributed by atoms with Gasteiger partial charge >= 0.3 is 6.09 Å². The number of hydroxylamine groups is 2. The minimum absolute atomic E-state index is 0.120. The Balaban J connectivity index is 1.16. The van der Waals surface area contributed by atoms with Gasteiger partial charge in [-0.05, 0) is 64.1 Å². The number of nitrogens with one attached hydrogen (secondary N) is 2. The van der Waals surface area contributed by atoms with E-state index in [1.54, 1.807) is 0 Å². The Morgan fingerprint density at radius 2 is 1.84 bits per heavy atom. The number of hydrogen-bond donors (Lipinski definition) is 2. The predicted molar refractivity (Wildman–Crippen MR) is 126 cm³/mol. The first-order chi connectivity index (χ1) is 17.6. The van der Waals surface area contributed by atoms with Gasteiger partial charge in [0.2, 0.25) is 5.91 Å². The highest BCUT2D eigenvalue weighted by atomic mass is 19.3. The van der Waals surface area contributed by atoms with Gasteiger partial charge in [0.05, 0.1) is 11.6 Å². The highest BCUT2D eigenvalue weighted by molar-refractivity contribution is 5.86. The number of alkyl halides is 2. The molecule has 0 aromatic heterocycles. The number of carbonyl (C=O) groups excluding carboxylic acids is 2. The van der Waals surface area contributed by atoms with Crippen LogP contribution in [0.4, 0.5) is 18.0 Å². The Hall–Kier alpha value is -2.84.